The second-order valence-electron chi connectivity index (χ2n) is 6.15. The fourth-order valence-corrected chi connectivity index (χ4v) is 3.59. The second kappa shape index (κ2) is 6.96. The van der Waals surface area contributed by atoms with Crippen LogP contribution in [0.3, 0.4) is 0 Å². The van der Waals surface area contributed by atoms with Crippen LogP contribution in [0.5, 0.6) is 0 Å². The lowest BCUT2D eigenvalue weighted by Gasteiger charge is -2.06. The predicted octanol–water partition coefficient (Wildman–Crippen LogP) is 3.23. The number of fused-ring (bicyclic) bond motifs is 1. The molecule has 0 aliphatic rings. The van der Waals surface area contributed by atoms with Gasteiger partial charge < -0.3 is 4.57 Å². The Morgan fingerprint density at radius 2 is 1.96 bits per heavy atom. The van der Waals surface area contributed by atoms with Crippen molar-refractivity contribution in [3.05, 3.63) is 76.1 Å². The molecule has 0 unspecified atom stereocenters. The monoisotopic (exact) mass is 381 g/mol. The van der Waals surface area contributed by atoms with E-state index in [1.54, 1.807) is 36.0 Å². The lowest BCUT2D eigenvalue weighted by molar-refractivity contribution is 0.628. The molecule has 0 aliphatic heterocycles. The first-order chi connectivity index (χ1) is 13.0. The molecule has 0 bridgehead atoms. The van der Waals surface area contributed by atoms with Crippen LogP contribution in [0.1, 0.15) is 11.3 Å². The lowest BCUT2D eigenvalue weighted by atomic mass is 10.2. The van der Waals surface area contributed by atoms with Crippen LogP contribution in [0.25, 0.3) is 17.0 Å². The van der Waals surface area contributed by atoms with Gasteiger partial charge in [0.25, 0.3) is 5.56 Å². The fourth-order valence-electron chi connectivity index (χ4n) is 2.79. The highest BCUT2D eigenvalue weighted by Crippen LogP contribution is 2.26. The number of nitrogens with zero attached hydrogens (tertiary/aromatic N) is 5. The van der Waals surface area contributed by atoms with Crippen molar-refractivity contribution in [2.45, 2.75) is 17.8 Å². The van der Waals surface area contributed by atoms with Crippen molar-refractivity contribution >= 4 is 17.4 Å². The second-order valence-corrected chi connectivity index (χ2v) is 7.10. The summed E-state index contributed by atoms with van der Waals surface area (Å²) in [5, 5.41) is 8.87. The molecule has 3 aromatic heterocycles. The summed E-state index contributed by atoms with van der Waals surface area (Å²) >= 11 is 1.40. The number of halogens is 1. The van der Waals surface area contributed by atoms with Crippen molar-refractivity contribution in [1.82, 2.24) is 24.1 Å². The summed E-state index contributed by atoms with van der Waals surface area (Å²) in [5.41, 5.74) is 2.53. The van der Waals surface area contributed by atoms with E-state index in [-0.39, 0.29) is 11.4 Å². The van der Waals surface area contributed by atoms with Crippen molar-refractivity contribution in [2.75, 3.05) is 0 Å². The molecule has 8 heteroatoms. The van der Waals surface area contributed by atoms with E-state index in [9.17, 15) is 9.18 Å². The van der Waals surface area contributed by atoms with Gasteiger partial charge in [-0.05, 0) is 30.7 Å². The van der Waals surface area contributed by atoms with Crippen LogP contribution < -0.4 is 5.56 Å². The summed E-state index contributed by atoms with van der Waals surface area (Å²) in [4.78, 5) is 16.8. The van der Waals surface area contributed by atoms with Crippen molar-refractivity contribution in [3.63, 3.8) is 0 Å². The largest absolute Gasteiger partial charge is 0.305 e. The minimum Gasteiger partial charge on any atom is -0.305 e. The zero-order valence-electron chi connectivity index (χ0n) is 14.8. The van der Waals surface area contributed by atoms with Crippen LogP contribution in [0, 0.1) is 12.7 Å². The molecule has 136 valence electrons. The molecule has 1 aromatic carbocycles. The Labute approximate surface area is 158 Å². The van der Waals surface area contributed by atoms with Gasteiger partial charge in [0.05, 0.1) is 11.3 Å². The van der Waals surface area contributed by atoms with E-state index in [1.807, 2.05) is 19.1 Å². The number of aromatic nitrogens is 5. The maximum Gasteiger partial charge on any atom is 0.258 e. The molecule has 0 spiro atoms. The Bertz CT molecular complexity index is 1200. The molecule has 3 heterocycles. The van der Waals surface area contributed by atoms with Crippen LogP contribution >= 0.6 is 11.8 Å². The Balaban J connectivity index is 1.60. The molecule has 0 N–H and O–H groups in total. The summed E-state index contributed by atoms with van der Waals surface area (Å²) in [6.45, 7) is 1.93. The Morgan fingerprint density at radius 3 is 2.78 bits per heavy atom. The minimum absolute atomic E-state index is 0.121. The van der Waals surface area contributed by atoms with Crippen LogP contribution in [-0.2, 0) is 12.8 Å². The zero-order valence-corrected chi connectivity index (χ0v) is 15.6. The van der Waals surface area contributed by atoms with Crippen LogP contribution in [0.4, 0.5) is 4.39 Å². The highest BCUT2D eigenvalue weighted by atomic mass is 32.2. The highest BCUT2D eigenvalue weighted by Gasteiger charge is 2.15. The Kier molecular flexibility index (Phi) is 4.49. The molecule has 6 nitrogen and oxygen atoms in total. The van der Waals surface area contributed by atoms with E-state index in [4.69, 9.17) is 0 Å². The molecule has 27 heavy (non-hydrogen) atoms. The van der Waals surface area contributed by atoms with Crippen LogP contribution in [0.2, 0.25) is 0 Å². The van der Waals surface area contributed by atoms with E-state index in [2.05, 4.69) is 15.2 Å². The third-order valence-electron chi connectivity index (χ3n) is 4.16. The molecule has 0 fully saturated rings. The summed E-state index contributed by atoms with van der Waals surface area (Å²) in [7, 11) is 1.79. The van der Waals surface area contributed by atoms with Crippen molar-refractivity contribution in [2.24, 2.45) is 7.05 Å². The molecular weight excluding hydrogens is 365 g/mol. The maximum atomic E-state index is 14.0. The van der Waals surface area contributed by atoms with Gasteiger partial charge in [-0.3, -0.25) is 9.20 Å². The molecule has 0 radical (unpaired) electrons. The van der Waals surface area contributed by atoms with Gasteiger partial charge >= 0.3 is 0 Å². The zero-order chi connectivity index (χ0) is 19.0. The van der Waals surface area contributed by atoms with Crippen molar-refractivity contribution in [1.29, 1.82) is 0 Å². The first-order valence-electron chi connectivity index (χ1n) is 8.29. The van der Waals surface area contributed by atoms with Gasteiger partial charge in [-0.25, -0.2) is 9.37 Å². The number of aryl methyl sites for hydroxylation is 1. The van der Waals surface area contributed by atoms with Gasteiger partial charge in [0.15, 0.2) is 11.0 Å². The third-order valence-corrected chi connectivity index (χ3v) is 5.21. The van der Waals surface area contributed by atoms with Gasteiger partial charge in [0.2, 0.25) is 0 Å². The molecule has 0 amide bonds. The molecule has 0 atom stereocenters. The summed E-state index contributed by atoms with van der Waals surface area (Å²) < 4.78 is 17.3. The Hall–Kier alpha value is -3.00. The SMILES string of the molecule is Cc1ccc2nc(CSc3nnc(-c4ccccc4F)n3C)cc(=O)n2c1. The quantitative estimate of drug-likeness (QED) is 0.508. The molecule has 0 saturated heterocycles. The van der Waals surface area contributed by atoms with Gasteiger partial charge in [-0.2, -0.15) is 0 Å². The normalized spacial score (nSPS) is 11.2. The number of hydrogen-bond donors (Lipinski definition) is 0. The maximum absolute atomic E-state index is 14.0. The van der Waals surface area contributed by atoms with Crippen LogP contribution in [-0.4, -0.2) is 24.1 Å². The van der Waals surface area contributed by atoms with E-state index in [0.717, 1.165) is 5.56 Å². The molecule has 4 aromatic rings. The number of benzene rings is 1. The van der Waals surface area contributed by atoms with Crippen LogP contribution in [0.15, 0.2) is 58.6 Å². The molecule has 0 saturated carbocycles. The molecule has 4 rings (SSSR count). The van der Waals surface area contributed by atoms with E-state index >= 15 is 0 Å². The van der Waals surface area contributed by atoms with Crippen molar-refractivity contribution < 1.29 is 4.39 Å². The predicted molar refractivity (Wildman–Crippen MR) is 102 cm³/mol. The number of thioether (sulfide) groups is 1. The summed E-state index contributed by atoms with van der Waals surface area (Å²) in [6.07, 6.45) is 1.77. The standard InChI is InChI=1S/C19H16FN5OS/c1-12-7-8-16-21-13(9-17(26)25(16)10-12)11-27-19-23-22-18(24(19)2)14-5-3-4-6-15(14)20/h3-10H,11H2,1-2H3. The van der Waals surface area contributed by atoms with Gasteiger partial charge in [-0.1, -0.05) is 30.0 Å². The van der Waals surface area contributed by atoms with Gasteiger partial charge in [-0.15, -0.1) is 10.2 Å². The summed E-state index contributed by atoms with van der Waals surface area (Å²) in [5.74, 6) is 0.574. The Morgan fingerprint density at radius 1 is 1.15 bits per heavy atom. The number of pyridine rings is 1. The average molecular weight is 381 g/mol. The van der Waals surface area contributed by atoms with E-state index < -0.39 is 0 Å². The first-order valence-corrected chi connectivity index (χ1v) is 9.27. The smallest absolute Gasteiger partial charge is 0.258 e. The highest BCUT2D eigenvalue weighted by molar-refractivity contribution is 7.98. The first kappa shape index (κ1) is 17.4. The van der Waals surface area contributed by atoms with Gasteiger partial charge in [0.1, 0.15) is 11.5 Å². The number of rotatable bonds is 4. The number of hydrogen-bond acceptors (Lipinski definition) is 5. The minimum atomic E-state index is -0.343. The fraction of sp³-hybridized carbons (Fsp3) is 0.158. The van der Waals surface area contributed by atoms with E-state index in [1.165, 1.54) is 28.3 Å². The topological polar surface area (TPSA) is 65.1 Å². The molecule has 0 aliphatic carbocycles. The van der Waals surface area contributed by atoms with Gasteiger partial charge in [0, 0.05) is 25.1 Å². The summed E-state index contributed by atoms with van der Waals surface area (Å²) in [6, 6.07) is 11.7. The van der Waals surface area contributed by atoms with E-state index in [0.29, 0.717) is 33.6 Å². The third kappa shape index (κ3) is 3.35. The lowest BCUT2D eigenvalue weighted by Crippen LogP contribution is -2.15. The average Bonchev–Trinajstić information content (AvgIpc) is 3.01. The molecular formula is C19H16FN5OS. The van der Waals surface area contributed by atoms with Crippen molar-refractivity contribution in [3.8, 4) is 11.4 Å².